The number of benzene rings is 1. The highest BCUT2D eigenvalue weighted by Gasteiger charge is 2.37. The van der Waals surface area contributed by atoms with Crippen LogP contribution in [0.1, 0.15) is 21.5 Å². The summed E-state index contributed by atoms with van der Waals surface area (Å²) in [6.07, 6.45) is -7.26. The Morgan fingerprint density at radius 1 is 0.935 bits per heavy atom. The number of aromatic nitrogens is 2. The van der Waals surface area contributed by atoms with E-state index in [9.17, 15) is 31.1 Å². The fourth-order valence-corrected chi connectivity index (χ4v) is 2.97. The number of carbonyl (C=O) groups is 1. The number of alkyl halides is 6. The summed E-state index contributed by atoms with van der Waals surface area (Å²) < 4.78 is 85.4. The molecule has 3 aromatic heterocycles. The van der Waals surface area contributed by atoms with E-state index in [0.717, 1.165) is 0 Å². The molecule has 4 aromatic rings. The quantitative estimate of drug-likeness (QED) is 0.406. The van der Waals surface area contributed by atoms with Gasteiger partial charge in [0.15, 0.2) is 5.76 Å². The summed E-state index contributed by atoms with van der Waals surface area (Å²) in [5.41, 5.74) is -3.44. The van der Waals surface area contributed by atoms with E-state index in [4.69, 9.17) is 4.42 Å². The molecule has 0 aliphatic heterocycles. The molecule has 0 saturated heterocycles. The predicted octanol–water partition coefficient (Wildman–Crippen LogP) is 5.88. The van der Waals surface area contributed by atoms with Gasteiger partial charge in [-0.25, -0.2) is 4.98 Å². The van der Waals surface area contributed by atoms with Crippen molar-refractivity contribution in [3.05, 3.63) is 77.7 Å². The molecule has 0 bridgehead atoms. The number of pyridine rings is 1. The second-order valence-corrected chi connectivity index (χ2v) is 6.46. The van der Waals surface area contributed by atoms with E-state index >= 15 is 0 Å². The van der Waals surface area contributed by atoms with E-state index < -0.39 is 35.0 Å². The van der Waals surface area contributed by atoms with Crippen LogP contribution < -0.4 is 5.32 Å². The first-order valence-electron chi connectivity index (χ1n) is 8.66. The van der Waals surface area contributed by atoms with Gasteiger partial charge in [-0.2, -0.15) is 26.3 Å². The maximum atomic E-state index is 13.1. The molecule has 160 valence electrons. The highest BCUT2D eigenvalue weighted by atomic mass is 19.4. The number of nitrogens with one attached hydrogen (secondary N) is 1. The molecular formula is C20H11F6N3O2. The minimum absolute atomic E-state index is 0.0292. The Morgan fingerprint density at radius 2 is 1.61 bits per heavy atom. The molecule has 0 saturated carbocycles. The monoisotopic (exact) mass is 439 g/mol. The summed E-state index contributed by atoms with van der Waals surface area (Å²) >= 11 is 0. The van der Waals surface area contributed by atoms with Crippen LogP contribution in [0.25, 0.3) is 17.1 Å². The molecule has 0 atom stereocenters. The SMILES string of the molecule is O=C(Nc1c(-c2ccco2)nc2ccccn12)c1cc(C(F)(F)F)cc(C(F)(F)F)c1. The summed E-state index contributed by atoms with van der Waals surface area (Å²) in [5.74, 6) is -0.893. The number of nitrogens with zero attached hydrogens (tertiary/aromatic N) is 2. The summed E-state index contributed by atoms with van der Waals surface area (Å²) in [6.45, 7) is 0. The van der Waals surface area contributed by atoms with Crippen molar-refractivity contribution in [1.82, 2.24) is 9.38 Å². The largest absolute Gasteiger partial charge is 0.463 e. The molecule has 0 unspecified atom stereocenters. The molecule has 0 spiro atoms. The Balaban J connectivity index is 1.81. The summed E-state index contributed by atoms with van der Waals surface area (Å²) in [6, 6.07) is 8.68. The van der Waals surface area contributed by atoms with Gasteiger partial charge in [0.05, 0.1) is 17.4 Å². The van der Waals surface area contributed by atoms with E-state index in [1.54, 1.807) is 30.3 Å². The van der Waals surface area contributed by atoms with Crippen molar-refractivity contribution in [2.45, 2.75) is 12.4 Å². The molecular weight excluding hydrogens is 428 g/mol. The Labute approximate surface area is 169 Å². The Morgan fingerprint density at radius 3 is 2.19 bits per heavy atom. The van der Waals surface area contributed by atoms with E-state index in [-0.39, 0.29) is 23.3 Å². The van der Waals surface area contributed by atoms with Gasteiger partial charge in [-0.05, 0) is 42.5 Å². The number of anilines is 1. The lowest BCUT2D eigenvalue weighted by Crippen LogP contribution is -2.18. The van der Waals surface area contributed by atoms with Crippen LogP contribution in [-0.4, -0.2) is 15.3 Å². The van der Waals surface area contributed by atoms with E-state index in [1.807, 2.05) is 0 Å². The fraction of sp³-hybridized carbons (Fsp3) is 0.100. The number of imidazole rings is 1. The molecule has 0 aliphatic carbocycles. The van der Waals surface area contributed by atoms with Crippen molar-refractivity contribution < 1.29 is 35.6 Å². The number of hydrogen-bond donors (Lipinski definition) is 1. The number of fused-ring (bicyclic) bond motifs is 1. The van der Waals surface area contributed by atoms with Crippen LogP contribution in [-0.2, 0) is 12.4 Å². The third-order valence-electron chi connectivity index (χ3n) is 4.37. The van der Waals surface area contributed by atoms with Gasteiger partial charge in [0.25, 0.3) is 5.91 Å². The summed E-state index contributed by atoms with van der Waals surface area (Å²) in [5, 5.41) is 2.36. The van der Waals surface area contributed by atoms with Crippen molar-refractivity contribution in [3.63, 3.8) is 0 Å². The van der Waals surface area contributed by atoms with Gasteiger partial charge < -0.3 is 9.73 Å². The average molecular weight is 439 g/mol. The van der Waals surface area contributed by atoms with Crippen LogP contribution in [0.15, 0.2) is 65.4 Å². The number of rotatable bonds is 3. The molecule has 3 heterocycles. The Kier molecular flexibility index (Phi) is 4.75. The third kappa shape index (κ3) is 3.98. The zero-order chi connectivity index (χ0) is 22.4. The van der Waals surface area contributed by atoms with Gasteiger partial charge in [-0.1, -0.05) is 6.07 Å². The minimum atomic E-state index is -5.07. The lowest BCUT2D eigenvalue weighted by molar-refractivity contribution is -0.143. The third-order valence-corrected chi connectivity index (χ3v) is 4.37. The lowest BCUT2D eigenvalue weighted by atomic mass is 10.0. The highest BCUT2D eigenvalue weighted by molar-refractivity contribution is 6.06. The normalized spacial score (nSPS) is 12.3. The molecule has 5 nitrogen and oxygen atoms in total. The molecule has 11 heteroatoms. The minimum Gasteiger partial charge on any atom is -0.463 e. The van der Waals surface area contributed by atoms with E-state index in [2.05, 4.69) is 10.3 Å². The number of amides is 1. The first-order valence-corrected chi connectivity index (χ1v) is 8.66. The number of furan rings is 1. The van der Waals surface area contributed by atoms with Gasteiger partial charge in [0.1, 0.15) is 17.2 Å². The number of hydrogen-bond acceptors (Lipinski definition) is 3. The van der Waals surface area contributed by atoms with Crippen LogP contribution >= 0.6 is 0 Å². The highest BCUT2D eigenvalue weighted by Crippen LogP contribution is 2.37. The predicted molar refractivity (Wildman–Crippen MR) is 97.3 cm³/mol. The van der Waals surface area contributed by atoms with Crippen LogP contribution in [0, 0.1) is 0 Å². The number of halogens is 6. The first kappa shape index (κ1) is 20.5. The summed E-state index contributed by atoms with van der Waals surface area (Å²) in [7, 11) is 0. The topological polar surface area (TPSA) is 59.5 Å². The van der Waals surface area contributed by atoms with E-state index in [0.29, 0.717) is 17.8 Å². The molecule has 1 N–H and O–H groups in total. The Hall–Kier alpha value is -3.76. The second-order valence-electron chi connectivity index (χ2n) is 6.46. The average Bonchev–Trinajstić information content (AvgIpc) is 3.34. The van der Waals surface area contributed by atoms with Crippen molar-refractivity contribution >= 4 is 17.4 Å². The maximum absolute atomic E-state index is 13.1. The van der Waals surface area contributed by atoms with Crippen LogP contribution in [0.4, 0.5) is 32.2 Å². The van der Waals surface area contributed by atoms with Gasteiger partial charge in [-0.15, -0.1) is 0 Å². The van der Waals surface area contributed by atoms with Gasteiger partial charge in [0, 0.05) is 11.8 Å². The van der Waals surface area contributed by atoms with Crippen LogP contribution in [0.3, 0.4) is 0 Å². The van der Waals surface area contributed by atoms with Crippen molar-refractivity contribution in [1.29, 1.82) is 0 Å². The van der Waals surface area contributed by atoms with Gasteiger partial charge >= 0.3 is 12.4 Å². The van der Waals surface area contributed by atoms with Crippen molar-refractivity contribution in [3.8, 4) is 11.5 Å². The molecule has 0 radical (unpaired) electrons. The first-order chi connectivity index (χ1) is 14.5. The lowest BCUT2D eigenvalue weighted by Gasteiger charge is -2.14. The maximum Gasteiger partial charge on any atom is 0.416 e. The van der Waals surface area contributed by atoms with Gasteiger partial charge in [0.2, 0.25) is 0 Å². The second kappa shape index (κ2) is 7.18. The van der Waals surface area contributed by atoms with Gasteiger partial charge in [-0.3, -0.25) is 9.20 Å². The molecule has 0 fully saturated rings. The fourth-order valence-electron chi connectivity index (χ4n) is 2.97. The van der Waals surface area contributed by atoms with Crippen LogP contribution in [0.2, 0.25) is 0 Å². The molecule has 0 aliphatic rings. The zero-order valence-corrected chi connectivity index (χ0v) is 15.3. The molecule has 31 heavy (non-hydrogen) atoms. The molecule has 1 aromatic carbocycles. The Bertz CT molecular complexity index is 1220. The number of carbonyl (C=O) groups excluding carboxylic acids is 1. The standard InChI is InChI=1S/C20H11F6N3O2/c21-19(22,23)12-8-11(9-13(10-12)20(24,25)26)18(30)28-17-16(14-4-3-7-31-14)27-15-5-1-2-6-29(15)17/h1-10H,(H,28,30). The molecule has 4 rings (SSSR count). The smallest absolute Gasteiger partial charge is 0.416 e. The molecule has 1 amide bonds. The summed E-state index contributed by atoms with van der Waals surface area (Å²) in [4.78, 5) is 17.0. The van der Waals surface area contributed by atoms with Crippen LogP contribution in [0.5, 0.6) is 0 Å². The van der Waals surface area contributed by atoms with Crippen molar-refractivity contribution in [2.24, 2.45) is 0 Å². The zero-order valence-electron chi connectivity index (χ0n) is 15.3. The van der Waals surface area contributed by atoms with Crippen molar-refractivity contribution in [2.75, 3.05) is 5.32 Å². The van der Waals surface area contributed by atoms with E-state index in [1.165, 1.54) is 16.9 Å².